The predicted octanol–water partition coefficient (Wildman–Crippen LogP) is 0.378. The van der Waals surface area contributed by atoms with Crippen LogP contribution in [-0.4, -0.2) is 76.7 Å². The minimum Gasteiger partial charge on any atom is -0.393 e. The van der Waals surface area contributed by atoms with Gasteiger partial charge in [-0.3, -0.25) is 0 Å². The molecule has 0 amide bonds. The van der Waals surface area contributed by atoms with Gasteiger partial charge in [0.25, 0.3) is 0 Å². The monoisotopic (exact) mass is 409 g/mol. The smallest absolute Gasteiger partial charge is 0.224 e. The molecule has 1 saturated heterocycles. The molecule has 154 valence electrons. The largest absolute Gasteiger partial charge is 0.393 e. The minimum absolute atomic E-state index is 0.0365. The van der Waals surface area contributed by atoms with Gasteiger partial charge in [-0.05, 0) is 44.3 Å². The number of rotatable bonds is 4. The third-order valence-corrected chi connectivity index (χ3v) is 7.10. The van der Waals surface area contributed by atoms with Crippen LogP contribution in [0.2, 0.25) is 0 Å². The summed E-state index contributed by atoms with van der Waals surface area (Å²) in [5.74, 6) is 1.14. The second-order valence-electron chi connectivity index (χ2n) is 7.85. The van der Waals surface area contributed by atoms with Crippen LogP contribution in [0.5, 0.6) is 0 Å². The molecule has 0 spiro atoms. The Hall–Kier alpha value is -1.75. The topological polar surface area (TPSA) is 119 Å². The zero-order valence-electron chi connectivity index (χ0n) is 15.9. The van der Waals surface area contributed by atoms with E-state index in [1.54, 1.807) is 12.3 Å². The highest BCUT2D eigenvalue weighted by Crippen LogP contribution is 2.34. The van der Waals surface area contributed by atoms with Crippen LogP contribution in [-0.2, 0) is 10.0 Å². The highest BCUT2D eigenvalue weighted by Gasteiger charge is 2.35. The van der Waals surface area contributed by atoms with E-state index in [2.05, 4.69) is 15.3 Å². The van der Waals surface area contributed by atoms with Crippen molar-refractivity contribution in [3.63, 3.8) is 0 Å². The van der Waals surface area contributed by atoms with E-state index >= 15 is 0 Å². The maximum Gasteiger partial charge on any atom is 0.224 e. The Morgan fingerprint density at radius 2 is 1.93 bits per heavy atom. The van der Waals surface area contributed by atoms with Crippen molar-refractivity contribution in [3.05, 3.63) is 17.8 Å². The Morgan fingerprint density at radius 3 is 2.57 bits per heavy atom. The van der Waals surface area contributed by atoms with Crippen molar-refractivity contribution in [3.8, 4) is 0 Å². The summed E-state index contributed by atoms with van der Waals surface area (Å²) in [5.41, 5.74) is 0.837. The average Bonchev–Trinajstić information content (AvgIpc) is 3.07. The van der Waals surface area contributed by atoms with Crippen LogP contribution in [0.3, 0.4) is 0 Å². The van der Waals surface area contributed by atoms with Gasteiger partial charge >= 0.3 is 0 Å². The summed E-state index contributed by atoms with van der Waals surface area (Å²) in [6, 6.07) is 0.135. The molecule has 2 aliphatic heterocycles. The fourth-order valence-corrected chi connectivity index (χ4v) is 5.15. The van der Waals surface area contributed by atoms with Crippen molar-refractivity contribution in [1.29, 1.82) is 0 Å². The van der Waals surface area contributed by atoms with Crippen LogP contribution >= 0.6 is 0 Å². The number of nitrogens with zero attached hydrogens (tertiary/aromatic N) is 4. The number of hydrogen-bond donors (Lipinski definition) is 3. The normalized spacial score (nSPS) is 29.1. The number of sulfonamides is 1. The third kappa shape index (κ3) is 4.00. The quantitative estimate of drug-likeness (QED) is 0.653. The highest BCUT2D eigenvalue weighted by molar-refractivity contribution is 7.88. The van der Waals surface area contributed by atoms with Crippen molar-refractivity contribution >= 4 is 27.9 Å². The summed E-state index contributed by atoms with van der Waals surface area (Å²) in [4.78, 5) is 10.9. The van der Waals surface area contributed by atoms with Gasteiger partial charge in [0.05, 0.1) is 12.4 Å². The van der Waals surface area contributed by atoms with Crippen LogP contribution in [0, 0.1) is 0 Å². The van der Waals surface area contributed by atoms with E-state index in [1.807, 2.05) is 11.0 Å². The lowest BCUT2D eigenvalue weighted by Crippen LogP contribution is -2.44. The Bertz CT molecular complexity index is 854. The number of fused-ring (bicyclic) bond motifs is 1. The van der Waals surface area contributed by atoms with E-state index in [1.165, 1.54) is 10.6 Å². The summed E-state index contributed by atoms with van der Waals surface area (Å²) in [7, 11) is -3.15. The first-order valence-corrected chi connectivity index (χ1v) is 11.6. The first-order chi connectivity index (χ1) is 13.3. The summed E-state index contributed by atoms with van der Waals surface area (Å²) in [6.45, 7) is 0.962. The van der Waals surface area contributed by atoms with Crippen LogP contribution in [0.25, 0.3) is 6.08 Å². The van der Waals surface area contributed by atoms with Crippen LogP contribution in [0.1, 0.15) is 37.7 Å². The van der Waals surface area contributed by atoms with Gasteiger partial charge in [-0.25, -0.2) is 17.7 Å². The fraction of sp³-hybridized carbons (Fsp3) is 0.667. The lowest BCUT2D eigenvalue weighted by Gasteiger charge is -2.36. The predicted molar refractivity (Wildman–Crippen MR) is 106 cm³/mol. The summed E-state index contributed by atoms with van der Waals surface area (Å²) >= 11 is 0. The molecule has 1 aliphatic carbocycles. The SMILES string of the molecule is CS(=O)(=O)N1CCC(Nc2ncc3c(n2)N([C@@H]2CC[C@@H](O)C2)C(O)C=C3)CC1. The molecule has 3 aliphatic rings. The van der Waals surface area contributed by atoms with Gasteiger partial charge in [0, 0.05) is 36.9 Å². The molecule has 28 heavy (non-hydrogen) atoms. The Balaban J connectivity index is 1.49. The third-order valence-electron chi connectivity index (χ3n) is 5.80. The highest BCUT2D eigenvalue weighted by atomic mass is 32.2. The molecule has 1 saturated carbocycles. The van der Waals surface area contributed by atoms with Crippen molar-refractivity contribution in [1.82, 2.24) is 14.3 Å². The van der Waals surface area contributed by atoms with Gasteiger partial charge in [0.1, 0.15) is 12.0 Å². The molecule has 2 fully saturated rings. The first kappa shape index (κ1) is 19.6. The van der Waals surface area contributed by atoms with Gasteiger partial charge in [-0.1, -0.05) is 0 Å². The van der Waals surface area contributed by atoms with E-state index in [0.717, 1.165) is 18.4 Å². The van der Waals surface area contributed by atoms with Gasteiger partial charge in [0.2, 0.25) is 16.0 Å². The van der Waals surface area contributed by atoms with E-state index < -0.39 is 16.3 Å². The molecule has 0 radical (unpaired) electrons. The van der Waals surface area contributed by atoms with E-state index in [9.17, 15) is 18.6 Å². The van der Waals surface area contributed by atoms with Crippen molar-refractivity contribution in [2.75, 3.05) is 29.6 Å². The number of aliphatic hydroxyl groups excluding tert-OH is 2. The van der Waals surface area contributed by atoms with E-state index in [-0.39, 0.29) is 18.2 Å². The fourth-order valence-electron chi connectivity index (χ4n) is 4.27. The first-order valence-electron chi connectivity index (χ1n) is 9.72. The lowest BCUT2D eigenvalue weighted by atomic mass is 10.1. The molecule has 3 atom stereocenters. The maximum absolute atomic E-state index is 11.7. The zero-order valence-corrected chi connectivity index (χ0v) is 16.7. The van der Waals surface area contributed by atoms with Gasteiger partial charge < -0.3 is 20.4 Å². The second-order valence-corrected chi connectivity index (χ2v) is 9.84. The number of aliphatic hydroxyl groups is 2. The molecule has 10 heteroatoms. The molecule has 1 aromatic rings. The molecular formula is C18H27N5O4S. The molecular weight excluding hydrogens is 382 g/mol. The van der Waals surface area contributed by atoms with Gasteiger partial charge in [-0.2, -0.15) is 4.98 Å². The van der Waals surface area contributed by atoms with Crippen LogP contribution in [0.4, 0.5) is 11.8 Å². The van der Waals surface area contributed by atoms with Gasteiger partial charge in [-0.15, -0.1) is 0 Å². The van der Waals surface area contributed by atoms with E-state index in [0.29, 0.717) is 44.1 Å². The average molecular weight is 410 g/mol. The van der Waals surface area contributed by atoms with Crippen molar-refractivity contribution < 1.29 is 18.6 Å². The molecule has 9 nitrogen and oxygen atoms in total. The number of piperidine rings is 1. The van der Waals surface area contributed by atoms with Crippen molar-refractivity contribution in [2.45, 2.75) is 56.5 Å². The number of anilines is 2. The summed E-state index contributed by atoms with van der Waals surface area (Å²) in [6.07, 6.45) is 8.90. The number of hydrogen-bond acceptors (Lipinski definition) is 8. The summed E-state index contributed by atoms with van der Waals surface area (Å²) < 4.78 is 24.8. The molecule has 4 rings (SSSR count). The minimum atomic E-state index is -3.15. The van der Waals surface area contributed by atoms with Crippen LogP contribution in [0.15, 0.2) is 12.3 Å². The Labute approximate surface area is 165 Å². The molecule has 0 aromatic carbocycles. The van der Waals surface area contributed by atoms with Gasteiger partial charge in [0.15, 0.2) is 0 Å². The molecule has 1 unspecified atom stereocenters. The number of aromatic nitrogens is 2. The standard InChI is InChI=1S/C18H27N5O4S/c1-28(26,27)22-8-6-13(7-9-22)20-18-19-11-12-2-5-16(25)23(17(12)21-18)14-3-4-15(24)10-14/h2,5,11,13-16,24-25H,3-4,6-10H2,1H3,(H,19,20,21)/t14-,15-,16?/m1/s1. The summed E-state index contributed by atoms with van der Waals surface area (Å²) in [5, 5.41) is 23.7. The van der Waals surface area contributed by atoms with Crippen molar-refractivity contribution in [2.24, 2.45) is 0 Å². The molecule has 3 heterocycles. The van der Waals surface area contributed by atoms with Crippen LogP contribution < -0.4 is 10.2 Å². The molecule has 0 bridgehead atoms. The molecule has 3 N–H and O–H groups in total. The number of nitrogens with one attached hydrogen (secondary N) is 1. The molecule has 1 aromatic heterocycles. The lowest BCUT2D eigenvalue weighted by molar-refractivity contribution is 0.172. The second kappa shape index (κ2) is 7.58. The zero-order chi connectivity index (χ0) is 19.9. The maximum atomic E-state index is 11.7. The Kier molecular flexibility index (Phi) is 5.30. The Morgan fingerprint density at radius 1 is 1.18 bits per heavy atom. The van der Waals surface area contributed by atoms with E-state index in [4.69, 9.17) is 0 Å².